The van der Waals surface area contributed by atoms with E-state index in [4.69, 9.17) is 10.3 Å². The lowest BCUT2D eigenvalue weighted by atomic mass is 9.74. The Hall–Kier alpha value is -3.02. The van der Waals surface area contributed by atoms with Crippen molar-refractivity contribution in [2.24, 2.45) is 5.11 Å². The number of hydrogen-bond donors (Lipinski definition) is 1. The molecular weight excluding hydrogens is 332 g/mol. The molecule has 0 aromatic heterocycles. The lowest BCUT2D eigenvalue weighted by Gasteiger charge is -2.52. The molecule has 2 aromatic carbocycles. The molecule has 3 rings (SSSR count). The molecule has 7 nitrogen and oxygen atoms in total. The summed E-state index contributed by atoms with van der Waals surface area (Å²) >= 11 is 0. The third kappa shape index (κ3) is 2.77. The summed E-state index contributed by atoms with van der Waals surface area (Å²) in [5.41, 5.74) is 8.82. The first-order valence-electron chi connectivity index (χ1n) is 8.36. The summed E-state index contributed by atoms with van der Waals surface area (Å²) < 4.78 is 5.15. The normalized spacial score (nSPS) is 21.3. The fraction of sp³-hybridized carbons (Fsp3) is 0.316. The van der Waals surface area contributed by atoms with Gasteiger partial charge in [0.1, 0.15) is 17.4 Å². The number of β-lactam (4-membered cyclic amide) rings is 1. The Balaban J connectivity index is 2.06. The molecule has 7 heteroatoms. The Bertz CT molecular complexity index is 834. The van der Waals surface area contributed by atoms with Gasteiger partial charge in [-0.05, 0) is 41.8 Å². The van der Waals surface area contributed by atoms with Crippen LogP contribution in [-0.2, 0) is 10.4 Å². The molecule has 1 unspecified atom stereocenters. The molecule has 1 N–H and O–H groups in total. The van der Waals surface area contributed by atoms with Crippen molar-refractivity contribution in [2.45, 2.75) is 31.0 Å². The highest BCUT2D eigenvalue weighted by Crippen LogP contribution is 2.43. The number of nitrogens with zero attached hydrogens (tertiary/aromatic N) is 4. The number of benzene rings is 2. The van der Waals surface area contributed by atoms with Gasteiger partial charge in [0.05, 0.1) is 13.2 Å². The summed E-state index contributed by atoms with van der Waals surface area (Å²) in [6, 6.07) is 14.5. The molecule has 26 heavy (non-hydrogen) atoms. The monoisotopic (exact) mass is 352 g/mol. The molecule has 134 valence electrons. The van der Waals surface area contributed by atoms with E-state index >= 15 is 0 Å². The van der Waals surface area contributed by atoms with Gasteiger partial charge in [-0.25, -0.2) is 0 Å². The number of ether oxygens (including phenoxy) is 1. The van der Waals surface area contributed by atoms with Gasteiger partial charge in [-0.2, -0.15) is 0 Å². The minimum absolute atomic E-state index is 0.333. The van der Waals surface area contributed by atoms with E-state index < -0.39 is 17.7 Å². The van der Waals surface area contributed by atoms with Crippen LogP contribution in [0, 0.1) is 0 Å². The summed E-state index contributed by atoms with van der Waals surface area (Å²) in [4.78, 5) is 16.9. The van der Waals surface area contributed by atoms with Crippen molar-refractivity contribution in [3.8, 4) is 5.75 Å². The van der Waals surface area contributed by atoms with E-state index in [1.165, 1.54) is 4.90 Å². The highest BCUT2D eigenvalue weighted by molar-refractivity contribution is 6.06. The van der Waals surface area contributed by atoms with Gasteiger partial charge in [-0.15, -0.1) is 0 Å². The van der Waals surface area contributed by atoms with E-state index in [0.717, 1.165) is 0 Å². The van der Waals surface area contributed by atoms with Crippen molar-refractivity contribution in [3.05, 3.63) is 70.6 Å². The molecule has 0 radical (unpaired) electrons. The Morgan fingerprint density at radius 1 is 1.23 bits per heavy atom. The van der Waals surface area contributed by atoms with Crippen LogP contribution >= 0.6 is 0 Å². The average molecular weight is 352 g/mol. The van der Waals surface area contributed by atoms with E-state index in [1.54, 1.807) is 31.4 Å². The molecule has 0 spiro atoms. The minimum Gasteiger partial charge on any atom is -0.497 e. The predicted octanol–water partition coefficient (Wildman–Crippen LogP) is 3.39. The lowest BCUT2D eigenvalue weighted by Crippen LogP contribution is -2.71. The third-order valence-corrected chi connectivity index (χ3v) is 4.90. The smallest absolute Gasteiger partial charge is 0.238 e. The number of carbonyl (C=O) groups excluding carboxylic acids is 1. The van der Waals surface area contributed by atoms with Crippen molar-refractivity contribution < 1.29 is 14.6 Å². The van der Waals surface area contributed by atoms with Gasteiger partial charge in [-0.3, -0.25) is 4.79 Å². The number of hydrogen-bond acceptors (Lipinski definition) is 4. The second-order valence-electron chi connectivity index (χ2n) is 6.14. The molecular formula is C19H20N4O3. The fourth-order valence-electron chi connectivity index (χ4n) is 3.46. The largest absolute Gasteiger partial charge is 0.497 e. The molecule has 1 heterocycles. The van der Waals surface area contributed by atoms with Gasteiger partial charge in [-0.1, -0.05) is 42.4 Å². The number of rotatable bonds is 6. The van der Waals surface area contributed by atoms with Gasteiger partial charge in [0, 0.05) is 10.6 Å². The predicted molar refractivity (Wildman–Crippen MR) is 97.8 cm³/mol. The zero-order valence-corrected chi connectivity index (χ0v) is 14.6. The van der Waals surface area contributed by atoms with Crippen molar-refractivity contribution >= 4 is 11.6 Å². The van der Waals surface area contributed by atoms with Crippen LogP contribution in [-0.4, -0.2) is 30.2 Å². The zero-order valence-electron chi connectivity index (χ0n) is 14.6. The topological polar surface area (TPSA) is 98.5 Å². The Morgan fingerprint density at radius 2 is 1.88 bits per heavy atom. The van der Waals surface area contributed by atoms with Crippen molar-refractivity contribution in [1.82, 2.24) is 0 Å². The van der Waals surface area contributed by atoms with Gasteiger partial charge in [0.25, 0.3) is 0 Å². The average Bonchev–Trinajstić information content (AvgIpc) is 2.70. The first-order chi connectivity index (χ1) is 12.6. The molecule has 1 fully saturated rings. The minimum atomic E-state index is -1.34. The van der Waals surface area contributed by atoms with Crippen LogP contribution in [0.15, 0.2) is 59.7 Å². The van der Waals surface area contributed by atoms with Gasteiger partial charge >= 0.3 is 0 Å². The van der Waals surface area contributed by atoms with Crippen molar-refractivity contribution in [2.75, 3.05) is 12.0 Å². The molecule has 1 saturated heterocycles. The summed E-state index contributed by atoms with van der Waals surface area (Å²) in [6.45, 7) is 1.84. The molecule has 0 saturated carbocycles. The fourth-order valence-corrected chi connectivity index (χ4v) is 3.46. The molecule has 0 aliphatic carbocycles. The summed E-state index contributed by atoms with van der Waals surface area (Å²) in [5.74, 6) is 0.333. The Kier molecular flexibility index (Phi) is 4.84. The first-order valence-corrected chi connectivity index (χ1v) is 8.36. The SMILES string of the molecule is CCC(O)(c1ccccc1)[C@H]1[C@H](N=[N+]=[N-])C(=O)N1c1ccc(OC)cc1. The van der Waals surface area contributed by atoms with E-state index in [-0.39, 0.29) is 5.91 Å². The van der Waals surface area contributed by atoms with E-state index in [1.807, 2.05) is 37.3 Å². The quantitative estimate of drug-likeness (QED) is 0.373. The number of aliphatic hydroxyl groups is 1. The maximum absolute atomic E-state index is 12.6. The van der Waals surface area contributed by atoms with E-state index in [9.17, 15) is 9.90 Å². The van der Waals surface area contributed by atoms with Gasteiger partial charge in [0.2, 0.25) is 5.91 Å². The number of carbonyl (C=O) groups is 1. The highest BCUT2D eigenvalue weighted by atomic mass is 16.5. The number of azide groups is 1. The molecule has 1 amide bonds. The standard InChI is InChI=1S/C19H20N4O3/c1-3-19(25,13-7-5-4-6-8-13)17-16(21-22-20)18(24)23(17)14-9-11-15(26-2)12-10-14/h4-12,16-17,25H,3H2,1-2H3/t16-,17+,19?/m0/s1. The third-order valence-electron chi connectivity index (χ3n) is 4.90. The van der Waals surface area contributed by atoms with Crippen molar-refractivity contribution in [1.29, 1.82) is 0 Å². The summed E-state index contributed by atoms with van der Waals surface area (Å²) in [6.07, 6.45) is 0.360. The Labute approximate surface area is 151 Å². The van der Waals surface area contributed by atoms with Crippen LogP contribution in [0.2, 0.25) is 0 Å². The van der Waals surface area contributed by atoms with Crippen LogP contribution in [0.3, 0.4) is 0 Å². The molecule has 1 aliphatic rings. The Morgan fingerprint density at radius 3 is 2.42 bits per heavy atom. The van der Waals surface area contributed by atoms with Crippen LogP contribution in [0.25, 0.3) is 10.4 Å². The summed E-state index contributed by atoms with van der Waals surface area (Å²) in [7, 11) is 1.56. The number of anilines is 1. The van der Waals surface area contributed by atoms with Crippen LogP contribution in [0.4, 0.5) is 5.69 Å². The van der Waals surface area contributed by atoms with Crippen LogP contribution < -0.4 is 9.64 Å². The first kappa shape index (κ1) is 17.8. The molecule has 2 aromatic rings. The number of methoxy groups -OCH3 is 1. The van der Waals surface area contributed by atoms with E-state index in [2.05, 4.69) is 10.0 Å². The molecule has 1 aliphatic heterocycles. The van der Waals surface area contributed by atoms with Crippen LogP contribution in [0.1, 0.15) is 18.9 Å². The van der Waals surface area contributed by atoms with Crippen LogP contribution in [0.5, 0.6) is 5.75 Å². The number of amides is 1. The highest BCUT2D eigenvalue weighted by Gasteiger charge is 2.57. The second kappa shape index (κ2) is 7.07. The lowest BCUT2D eigenvalue weighted by molar-refractivity contribution is -0.133. The van der Waals surface area contributed by atoms with Gasteiger partial charge in [0.15, 0.2) is 0 Å². The van der Waals surface area contributed by atoms with Crippen molar-refractivity contribution in [3.63, 3.8) is 0 Å². The maximum atomic E-state index is 12.6. The maximum Gasteiger partial charge on any atom is 0.238 e. The zero-order chi connectivity index (χ0) is 18.7. The molecule has 3 atom stereocenters. The summed E-state index contributed by atoms with van der Waals surface area (Å²) in [5, 5.41) is 15.1. The second-order valence-corrected chi connectivity index (χ2v) is 6.14. The van der Waals surface area contributed by atoms with Gasteiger partial charge < -0.3 is 14.7 Å². The van der Waals surface area contributed by atoms with E-state index in [0.29, 0.717) is 23.4 Å². The molecule has 0 bridgehead atoms.